The van der Waals surface area contributed by atoms with E-state index in [9.17, 15) is 31.5 Å². The summed E-state index contributed by atoms with van der Waals surface area (Å²) in [6.07, 6.45) is -4.84. The molecule has 0 aliphatic heterocycles. The number of aromatic carboxylic acids is 1. The third-order valence-corrected chi connectivity index (χ3v) is 5.16. The van der Waals surface area contributed by atoms with Gasteiger partial charge in [-0.3, -0.25) is 4.79 Å². The minimum absolute atomic E-state index is 0.0212. The Morgan fingerprint density at radius 3 is 2.17 bits per heavy atom. The van der Waals surface area contributed by atoms with Crippen molar-refractivity contribution in [3.63, 3.8) is 0 Å². The highest BCUT2D eigenvalue weighted by Gasteiger charge is 2.64. The Morgan fingerprint density at radius 1 is 1.03 bits per heavy atom. The lowest BCUT2D eigenvalue weighted by Crippen LogP contribution is -2.47. The molecule has 2 aromatic carbocycles. The summed E-state index contributed by atoms with van der Waals surface area (Å²) < 4.78 is 68.8. The van der Waals surface area contributed by atoms with Crippen LogP contribution in [0.1, 0.15) is 33.6 Å². The summed E-state index contributed by atoms with van der Waals surface area (Å²) in [5, 5.41) is 10.8. The van der Waals surface area contributed by atoms with E-state index in [1.165, 1.54) is 24.3 Å². The normalized spacial score (nSPS) is 14.9. The molecule has 1 aliphatic rings. The van der Waals surface area contributed by atoms with Crippen molar-refractivity contribution in [1.29, 1.82) is 0 Å². The van der Waals surface area contributed by atoms with Gasteiger partial charge in [0.1, 0.15) is 17.2 Å². The average Bonchev–Trinajstić information content (AvgIpc) is 3.43. The predicted molar refractivity (Wildman–Crippen MR) is 94.7 cm³/mol. The monoisotopic (exact) mass is 432 g/mol. The number of hydrogen-bond acceptors (Lipinski definition) is 4. The Balaban J connectivity index is 1.64. The first kappa shape index (κ1) is 20.9. The largest absolute Gasteiger partial charge is 0.478 e. The molecule has 0 saturated heterocycles. The number of rotatable bonds is 6. The number of amides is 1. The second kappa shape index (κ2) is 7.54. The van der Waals surface area contributed by atoms with Crippen LogP contribution in [0.2, 0.25) is 0 Å². The Morgan fingerprint density at radius 2 is 1.66 bits per heavy atom. The maximum Gasteiger partial charge on any atom is 0.411 e. The molecule has 0 radical (unpaired) electrons. The third-order valence-electron chi connectivity index (χ3n) is 4.33. The molecular formula is C18H13F5N2O3S. The van der Waals surface area contributed by atoms with Crippen molar-refractivity contribution in [3.05, 3.63) is 59.2 Å². The van der Waals surface area contributed by atoms with Crippen LogP contribution in [0, 0.1) is 11.6 Å². The minimum atomic E-state index is -4.52. The summed E-state index contributed by atoms with van der Waals surface area (Å²) in [5.74, 6) is -4.56. The number of carbonyl (C=O) groups is 2. The molecule has 1 saturated carbocycles. The van der Waals surface area contributed by atoms with Crippen LogP contribution in [0.25, 0.3) is 0 Å². The van der Waals surface area contributed by atoms with Crippen molar-refractivity contribution in [2.45, 2.75) is 29.5 Å². The molecule has 29 heavy (non-hydrogen) atoms. The standard InChI is InChI=1S/C18H13F5N2O3S/c19-12-8-14(13(20)7-11(12)16(27)28)25-29-10-3-1-9(2-4-10)15(26)24-17(5-6-17)18(21,22)23/h1-4,7-8,25H,5-6H2,(H,24,26)(H,27,28). The summed E-state index contributed by atoms with van der Waals surface area (Å²) in [7, 11) is 0. The van der Waals surface area contributed by atoms with Gasteiger partial charge in [-0.05, 0) is 55.1 Å². The molecule has 1 fully saturated rings. The van der Waals surface area contributed by atoms with Crippen LogP contribution >= 0.6 is 11.9 Å². The van der Waals surface area contributed by atoms with Gasteiger partial charge in [0.2, 0.25) is 0 Å². The first-order chi connectivity index (χ1) is 13.5. The summed E-state index contributed by atoms with van der Waals surface area (Å²) >= 11 is 0.845. The van der Waals surface area contributed by atoms with Gasteiger partial charge < -0.3 is 15.1 Å². The van der Waals surface area contributed by atoms with Crippen molar-refractivity contribution in [3.8, 4) is 0 Å². The van der Waals surface area contributed by atoms with Gasteiger partial charge in [0.05, 0.1) is 11.3 Å². The van der Waals surface area contributed by atoms with E-state index in [1.807, 2.05) is 5.32 Å². The smallest absolute Gasteiger partial charge is 0.411 e. The molecule has 3 N–H and O–H groups in total. The first-order valence-electron chi connectivity index (χ1n) is 8.17. The average molecular weight is 432 g/mol. The number of nitrogens with one attached hydrogen (secondary N) is 2. The van der Waals surface area contributed by atoms with E-state index in [1.54, 1.807) is 0 Å². The highest BCUT2D eigenvalue weighted by molar-refractivity contribution is 8.00. The van der Waals surface area contributed by atoms with E-state index in [4.69, 9.17) is 5.11 Å². The number of carboxylic acids is 1. The van der Waals surface area contributed by atoms with E-state index in [-0.39, 0.29) is 24.1 Å². The van der Waals surface area contributed by atoms with Crippen LogP contribution in [0.5, 0.6) is 0 Å². The number of anilines is 1. The Labute approximate surface area is 165 Å². The number of carbonyl (C=O) groups excluding carboxylic acids is 1. The van der Waals surface area contributed by atoms with E-state index in [0.29, 0.717) is 17.0 Å². The topological polar surface area (TPSA) is 78.4 Å². The molecule has 0 heterocycles. The molecule has 3 rings (SSSR count). The van der Waals surface area contributed by atoms with Crippen LogP contribution in [-0.4, -0.2) is 28.7 Å². The number of halogens is 5. The molecule has 1 aliphatic carbocycles. The molecular weight excluding hydrogens is 419 g/mol. The lowest BCUT2D eigenvalue weighted by atomic mass is 10.2. The molecule has 0 atom stereocenters. The van der Waals surface area contributed by atoms with Gasteiger partial charge in [0, 0.05) is 16.5 Å². The van der Waals surface area contributed by atoms with Crippen molar-refractivity contribution < 1.29 is 36.6 Å². The molecule has 5 nitrogen and oxygen atoms in total. The van der Waals surface area contributed by atoms with Gasteiger partial charge in [0.15, 0.2) is 0 Å². The van der Waals surface area contributed by atoms with Gasteiger partial charge in [-0.25, -0.2) is 13.6 Å². The zero-order chi connectivity index (χ0) is 21.4. The summed E-state index contributed by atoms with van der Waals surface area (Å²) in [4.78, 5) is 23.3. The lowest BCUT2D eigenvalue weighted by molar-refractivity contribution is -0.163. The van der Waals surface area contributed by atoms with E-state index < -0.39 is 40.8 Å². The molecule has 11 heteroatoms. The Kier molecular flexibility index (Phi) is 5.44. The predicted octanol–water partition coefficient (Wildman–Crippen LogP) is 4.61. The SMILES string of the molecule is O=C(NC1(C(F)(F)F)CC1)c1ccc(SNc2cc(F)c(C(=O)O)cc2F)cc1. The fourth-order valence-corrected chi connectivity index (χ4v) is 3.13. The maximum atomic E-state index is 13.9. The van der Waals surface area contributed by atoms with Crippen LogP contribution in [0.3, 0.4) is 0 Å². The lowest BCUT2D eigenvalue weighted by Gasteiger charge is -2.20. The second-order valence-electron chi connectivity index (χ2n) is 6.38. The molecule has 154 valence electrons. The highest BCUT2D eigenvalue weighted by Crippen LogP contribution is 2.49. The number of alkyl halides is 3. The summed E-state index contributed by atoms with van der Waals surface area (Å²) in [6.45, 7) is 0. The highest BCUT2D eigenvalue weighted by atomic mass is 32.2. The number of hydrogen-bond donors (Lipinski definition) is 3. The van der Waals surface area contributed by atoms with Gasteiger partial charge in [-0.2, -0.15) is 13.2 Å². The van der Waals surface area contributed by atoms with Crippen LogP contribution in [0.4, 0.5) is 27.6 Å². The fraction of sp³-hybridized carbons (Fsp3) is 0.222. The van der Waals surface area contributed by atoms with E-state index in [0.717, 1.165) is 11.9 Å². The maximum absolute atomic E-state index is 13.9. The molecule has 0 bridgehead atoms. The quantitative estimate of drug-likeness (QED) is 0.459. The van der Waals surface area contributed by atoms with Crippen LogP contribution in [-0.2, 0) is 0 Å². The van der Waals surface area contributed by atoms with Crippen LogP contribution in [0.15, 0.2) is 41.3 Å². The molecule has 1 amide bonds. The summed E-state index contributed by atoms with van der Waals surface area (Å²) in [5.41, 5.74) is -3.24. The van der Waals surface area contributed by atoms with Crippen LogP contribution < -0.4 is 10.0 Å². The number of carboxylic acid groups (broad SMARTS) is 1. The number of benzene rings is 2. The van der Waals surface area contributed by atoms with Crippen molar-refractivity contribution in [1.82, 2.24) is 5.32 Å². The minimum Gasteiger partial charge on any atom is -0.478 e. The van der Waals surface area contributed by atoms with Gasteiger partial charge in [0.25, 0.3) is 5.91 Å². The van der Waals surface area contributed by atoms with E-state index >= 15 is 0 Å². The van der Waals surface area contributed by atoms with Crippen molar-refractivity contribution >= 4 is 29.5 Å². The zero-order valence-electron chi connectivity index (χ0n) is 14.4. The summed E-state index contributed by atoms with van der Waals surface area (Å²) in [6, 6.07) is 6.67. The van der Waals surface area contributed by atoms with Gasteiger partial charge >= 0.3 is 12.1 Å². The van der Waals surface area contributed by atoms with Gasteiger partial charge in [-0.1, -0.05) is 0 Å². The van der Waals surface area contributed by atoms with Gasteiger partial charge in [-0.15, -0.1) is 0 Å². The first-order valence-corrected chi connectivity index (χ1v) is 8.98. The third kappa shape index (κ3) is 4.44. The van der Waals surface area contributed by atoms with Crippen molar-refractivity contribution in [2.24, 2.45) is 0 Å². The zero-order valence-corrected chi connectivity index (χ0v) is 15.3. The Hall–Kier alpha value is -2.82. The fourth-order valence-electron chi connectivity index (χ4n) is 2.47. The van der Waals surface area contributed by atoms with Crippen molar-refractivity contribution in [2.75, 3.05) is 4.72 Å². The molecule has 0 spiro atoms. The molecule has 0 aromatic heterocycles. The van der Waals surface area contributed by atoms with E-state index in [2.05, 4.69) is 4.72 Å². The molecule has 2 aromatic rings. The molecule has 0 unspecified atom stereocenters. The second-order valence-corrected chi connectivity index (χ2v) is 7.26. The Bertz CT molecular complexity index is 959.